The molecule has 0 saturated carbocycles. The molecule has 20 heavy (non-hydrogen) atoms. The molecule has 0 aromatic heterocycles. The van der Waals surface area contributed by atoms with Gasteiger partial charge in [-0.05, 0) is 30.2 Å². The smallest absolute Gasteiger partial charge is 0.252 e. The highest BCUT2D eigenvalue weighted by Crippen LogP contribution is 2.17. The van der Waals surface area contributed by atoms with E-state index >= 15 is 0 Å². The number of carbonyl (C=O) groups excluding carboxylic acids is 1. The minimum atomic E-state index is -0.106. The first-order valence-electron chi connectivity index (χ1n) is 6.40. The second-order valence-electron chi connectivity index (χ2n) is 4.33. The first kappa shape index (κ1) is 14.5. The van der Waals surface area contributed by atoms with E-state index in [1.807, 2.05) is 36.4 Å². The van der Waals surface area contributed by atoms with E-state index in [2.05, 4.69) is 17.9 Å². The van der Waals surface area contributed by atoms with Crippen LogP contribution in [-0.2, 0) is 6.42 Å². The van der Waals surface area contributed by atoms with E-state index in [1.165, 1.54) is 0 Å². The summed E-state index contributed by atoms with van der Waals surface area (Å²) >= 11 is 4.28. The largest absolute Gasteiger partial charge is 0.496 e. The highest BCUT2D eigenvalue weighted by atomic mass is 32.1. The van der Waals surface area contributed by atoms with Crippen molar-refractivity contribution in [3.63, 3.8) is 0 Å². The number of carbonyl (C=O) groups is 1. The van der Waals surface area contributed by atoms with Crippen molar-refractivity contribution in [1.29, 1.82) is 0 Å². The summed E-state index contributed by atoms with van der Waals surface area (Å²) in [4.78, 5) is 12.7. The number of methoxy groups -OCH3 is 1. The molecule has 2 aromatic carbocycles. The Morgan fingerprint density at radius 3 is 2.60 bits per heavy atom. The molecule has 0 aliphatic rings. The van der Waals surface area contributed by atoms with Crippen LogP contribution in [0.3, 0.4) is 0 Å². The van der Waals surface area contributed by atoms with Crippen molar-refractivity contribution in [2.24, 2.45) is 0 Å². The molecule has 0 bridgehead atoms. The molecule has 2 rings (SSSR count). The lowest BCUT2D eigenvalue weighted by Crippen LogP contribution is -2.26. The van der Waals surface area contributed by atoms with E-state index in [9.17, 15) is 4.79 Å². The average molecular weight is 287 g/mol. The molecule has 0 radical (unpaired) electrons. The zero-order valence-corrected chi connectivity index (χ0v) is 12.2. The van der Waals surface area contributed by atoms with E-state index in [0.29, 0.717) is 17.0 Å². The topological polar surface area (TPSA) is 38.3 Å². The van der Waals surface area contributed by atoms with Gasteiger partial charge in [0.1, 0.15) is 5.75 Å². The SMILES string of the molecule is COc1ccccc1CCNC(=O)c1ccccc1S. The van der Waals surface area contributed by atoms with Crippen LogP contribution in [-0.4, -0.2) is 19.6 Å². The second kappa shape index (κ2) is 7.01. The monoisotopic (exact) mass is 287 g/mol. The summed E-state index contributed by atoms with van der Waals surface area (Å²) in [6.07, 6.45) is 0.727. The van der Waals surface area contributed by atoms with E-state index in [4.69, 9.17) is 4.74 Å². The van der Waals surface area contributed by atoms with Crippen molar-refractivity contribution in [2.75, 3.05) is 13.7 Å². The van der Waals surface area contributed by atoms with Crippen LogP contribution < -0.4 is 10.1 Å². The fourth-order valence-corrected chi connectivity index (χ4v) is 2.24. The Bertz CT molecular complexity index is 599. The number of ether oxygens (including phenoxy) is 1. The molecule has 0 fully saturated rings. The van der Waals surface area contributed by atoms with Crippen molar-refractivity contribution in [3.8, 4) is 5.75 Å². The predicted octanol–water partition coefficient (Wildman–Crippen LogP) is 2.96. The Morgan fingerprint density at radius 2 is 1.85 bits per heavy atom. The lowest BCUT2D eigenvalue weighted by molar-refractivity contribution is 0.0951. The van der Waals surface area contributed by atoms with Crippen molar-refractivity contribution in [3.05, 3.63) is 59.7 Å². The van der Waals surface area contributed by atoms with Crippen molar-refractivity contribution in [2.45, 2.75) is 11.3 Å². The number of rotatable bonds is 5. The van der Waals surface area contributed by atoms with Gasteiger partial charge >= 0.3 is 0 Å². The van der Waals surface area contributed by atoms with Crippen LogP contribution in [0.1, 0.15) is 15.9 Å². The fourth-order valence-electron chi connectivity index (χ4n) is 1.98. The summed E-state index contributed by atoms with van der Waals surface area (Å²) in [5.74, 6) is 0.738. The van der Waals surface area contributed by atoms with Crippen LogP contribution in [0.2, 0.25) is 0 Å². The van der Waals surface area contributed by atoms with Gasteiger partial charge in [0, 0.05) is 11.4 Å². The second-order valence-corrected chi connectivity index (χ2v) is 4.82. The minimum Gasteiger partial charge on any atom is -0.496 e. The van der Waals surface area contributed by atoms with Crippen LogP contribution in [0.4, 0.5) is 0 Å². The molecule has 1 amide bonds. The van der Waals surface area contributed by atoms with Crippen molar-refractivity contribution < 1.29 is 9.53 Å². The predicted molar refractivity (Wildman–Crippen MR) is 82.7 cm³/mol. The van der Waals surface area contributed by atoms with Crippen molar-refractivity contribution >= 4 is 18.5 Å². The Hall–Kier alpha value is -1.94. The third-order valence-electron chi connectivity index (χ3n) is 3.02. The number of hydrogen-bond acceptors (Lipinski definition) is 3. The summed E-state index contributed by atoms with van der Waals surface area (Å²) in [7, 11) is 1.65. The normalized spacial score (nSPS) is 10.1. The maximum atomic E-state index is 12.0. The number of benzene rings is 2. The summed E-state index contributed by atoms with van der Waals surface area (Å²) in [5, 5.41) is 2.90. The third-order valence-corrected chi connectivity index (χ3v) is 3.41. The zero-order valence-electron chi connectivity index (χ0n) is 11.3. The molecule has 0 unspecified atom stereocenters. The Morgan fingerprint density at radius 1 is 1.15 bits per heavy atom. The van der Waals surface area contributed by atoms with Gasteiger partial charge in [0.2, 0.25) is 0 Å². The van der Waals surface area contributed by atoms with Crippen LogP contribution >= 0.6 is 12.6 Å². The molecular formula is C16H17NO2S. The zero-order chi connectivity index (χ0) is 14.4. The molecule has 0 saturated heterocycles. The van der Waals surface area contributed by atoms with Gasteiger partial charge in [-0.2, -0.15) is 0 Å². The lowest BCUT2D eigenvalue weighted by Gasteiger charge is -2.09. The number of hydrogen-bond donors (Lipinski definition) is 2. The quantitative estimate of drug-likeness (QED) is 0.830. The van der Waals surface area contributed by atoms with Gasteiger partial charge in [-0.25, -0.2) is 0 Å². The van der Waals surface area contributed by atoms with E-state index in [-0.39, 0.29) is 5.91 Å². The minimum absolute atomic E-state index is 0.106. The van der Waals surface area contributed by atoms with Crippen molar-refractivity contribution in [1.82, 2.24) is 5.32 Å². The van der Waals surface area contributed by atoms with Crippen LogP contribution in [0.5, 0.6) is 5.75 Å². The lowest BCUT2D eigenvalue weighted by atomic mass is 10.1. The first-order chi connectivity index (χ1) is 9.72. The third kappa shape index (κ3) is 3.54. The summed E-state index contributed by atoms with van der Waals surface area (Å²) in [6, 6.07) is 15.1. The number of nitrogens with one attached hydrogen (secondary N) is 1. The highest BCUT2D eigenvalue weighted by molar-refractivity contribution is 7.80. The first-order valence-corrected chi connectivity index (χ1v) is 6.85. The van der Waals surface area contributed by atoms with Gasteiger partial charge in [0.15, 0.2) is 0 Å². The maximum Gasteiger partial charge on any atom is 0.252 e. The molecule has 4 heteroatoms. The molecular weight excluding hydrogens is 270 g/mol. The number of para-hydroxylation sites is 1. The van der Waals surface area contributed by atoms with Gasteiger partial charge < -0.3 is 10.1 Å². The van der Waals surface area contributed by atoms with Gasteiger partial charge in [-0.3, -0.25) is 4.79 Å². The highest BCUT2D eigenvalue weighted by Gasteiger charge is 2.08. The molecule has 2 aromatic rings. The van der Waals surface area contributed by atoms with E-state index in [0.717, 1.165) is 17.7 Å². The molecule has 0 heterocycles. The number of amides is 1. The molecule has 104 valence electrons. The standard InChI is InChI=1S/C16H17NO2S/c1-19-14-8-4-2-6-12(14)10-11-17-16(18)13-7-3-5-9-15(13)20/h2-9,20H,10-11H2,1H3,(H,17,18). The van der Waals surface area contributed by atoms with Gasteiger partial charge in [-0.15, -0.1) is 12.6 Å². The summed E-state index contributed by atoms with van der Waals surface area (Å²) in [6.45, 7) is 0.557. The van der Waals surface area contributed by atoms with Crippen LogP contribution in [0.15, 0.2) is 53.4 Å². The fraction of sp³-hybridized carbons (Fsp3) is 0.188. The van der Waals surface area contributed by atoms with E-state index < -0.39 is 0 Å². The Labute approximate surface area is 124 Å². The molecule has 0 aliphatic carbocycles. The van der Waals surface area contributed by atoms with Gasteiger partial charge in [0.25, 0.3) is 5.91 Å². The Kier molecular flexibility index (Phi) is 5.07. The molecule has 3 nitrogen and oxygen atoms in total. The van der Waals surface area contributed by atoms with Gasteiger partial charge in [0.05, 0.1) is 12.7 Å². The molecule has 0 atom stereocenters. The van der Waals surface area contributed by atoms with E-state index in [1.54, 1.807) is 19.2 Å². The summed E-state index contributed by atoms with van der Waals surface area (Å²) < 4.78 is 5.28. The van der Waals surface area contributed by atoms with Crippen LogP contribution in [0.25, 0.3) is 0 Å². The molecule has 0 spiro atoms. The number of thiol groups is 1. The molecule has 0 aliphatic heterocycles. The van der Waals surface area contributed by atoms with Gasteiger partial charge in [-0.1, -0.05) is 30.3 Å². The average Bonchev–Trinajstić information content (AvgIpc) is 2.48. The maximum absolute atomic E-state index is 12.0. The summed E-state index contributed by atoms with van der Waals surface area (Å²) in [5.41, 5.74) is 1.67. The Balaban J connectivity index is 1.93. The molecule has 1 N–H and O–H groups in total. The van der Waals surface area contributed by atoms with Crippen LogP contribution in [0, 0.1) is 0 Å².